The fourth-order valence-corrected chi connectivity index (χ4v) is 3.33. The summed E-state index contributed by atoms with van der Waals surface area (Å²) in [7, 11) is 0. The Labute approximate surface area is 161 Å². The highest BCUT2D eigenvalue weighted by Gasteiger charge is 2.26. The van der Waals surface area contributed by atoms with Crippen molar-refractivity contribution >= 4 is 11.8 Å². The normalized spacial score (nSPS) is 15.0. The molecule has 3 rings (SSSR count). The first kappa shape index (κ1) is 19.1. The lowest BCUT2D eigenvalue weighted by Gasteiger charge is -2.35. The van der Waals surface area contributed by atoms with E-state index in [0.717, 1.165) is 11.1 Å². The van der Waals surface area contributed by atoms with Gasteiger partial charge in [0.15, 0.2) is 0 Å². The number of rotatable bonds is 2. The summed E-state index contributed by atoms with van der Waals surface area (Å²) in [6.45, 7) is 10.7. The molecule has 0 aliphatic carbocycles. The Kier molecular flexibility index (Phi) is 5.31. The summed E-state index contributed by atoms with van der Waals surface area (Å²) in [6, 6.07) is 9.53. The Balaban J connectivity index is 1.66. The minimum absolute atomic E-state index is 0.00444. The average Bonchev–Trinajstić information content (AvgIpc) is 2.67. The molecular weight excluding hydrogens is 338 g/mol. The minimum Gasteiger partial charge on any atom is -0.335 e. The van der Waals surface area contributed by atoms with Crippen molar-refractivity contribution in [2.45, 2.75) is 33.1 Å². The molecule has 1 saturated heterocycles. The SMILES string of the molecule is Cc1cc(C(C)(C)C)ccc1C(=O)N1CCN(C(=O)c2ccncc2)CC1. The molecule has 0 unspecified atom stereocenters. The van der Waals surface area contributed by atoms with Gasteiger partial charge in [-0.05, 0) is 41.7 Å². The van der Waals surface area contributed by atoms with Crippen LogP contribution in [0.5, 0.6) is 0 Å². The van der Waals surface area contributed by atoms with E-state index in [-0.39, 0.29) is 17.2 Å². The first-order valence-electron chi connectivity index (χ1n) is 9.37. The van der Waals surface area contributed by atoms with Crippen molar-refractivity contribution in [1.29, 1.82) is 0 Å². The van der Waals surface area contributed by atoms with Gasteiger partial charge in [-0.3, -0.25) is 14.6 Å². The van der Waals surface area contributed by atoms with Crippen LogP contribution in [0.1, 0.15) is 52.6 Å². The highest BCUT2D eigenvalue weighted by molar-refractivity contribution is 5.96. The monoisotopic (exact) mass is 365 g/mol. The number of nitrogens with zero attached hydrogens (tertiary/aromatic N) is 3. The summed E-state index contributed by atoms with van der Waals surface area (Å²) in [6.07, 6.45) is 3.24. The van der Waals surface area contributed by atoms with Gasteiger partial charge in [0.2, 0.25) is 0 Å². The zero-order valence-electron chi connectivity index (χ0n) is 16.5. The molecule has 0 spiro atoms. The molecule has 0 radical (unpaired) electrons. The van der Waals surface area contributed by atoms with Gasteiger partial charge in [-0.15, -0.1) is 0 Å². The molecule has 1 aromatic carbocycles. The van der Waals surface area contributed by atoms with E-state index < -0.39 is 0 Å². The van der Waals surface area contributed by atoms with E-state index in [4.69, 9.17) is 0 Å². The van der Waals surface area contributed by atoms with Crippen molar-refractivity contribution < 1.29 is 9.59 Å². The Morgan fingerprint density at radius 1 is 0.889 bits per heavy atom. The van der Waals surface area contributed by atoms with Crippen LogP contribution in [0.25, 0.3) is 0 Å². The van der Waals surface area contributed by atoms with Gasteiger partial charge in [-0.1, -0.05) is 32.9 Å². The van der Waals surface area contributed by atoms with E-state index in [1.807, 2.05) is 24.0 Å². The first-order valence-corrected chi connectivity index (χ1v) is 9.37. The molecule has 2 aromatic rings. The number of aryl methyl sites for hydroxylation is 1. The van der Waals surface area contributed by atoms with Crippen LogP contribution in [0.2, 0.25) is 0 Å². The summed E-state index contributed by atoms with van der Waals surface area (Å²) in [5.41, 5.74) is 3.67. The van der Waals surface area contributed by atoms with Gasteiger partial charge < -0.3 is 9.80 Å². The highest BCUT2D eigenvalue weighted by atomic mass is 16.2. The molecule has 0 saturated carbocycles. The van der Waals surface area contributed by atoms with E-state index >= 15 is 0 Å². The van der Waals surface area contributed by atoms with E-state index in [2.05, 4.69) is 31.8 Å². The zero-order valence-corrected chi connectivity index (χ0v) is 16.5. The van der Waals surface area contributed by atoms with Crippen LogP contribution in [-0.4, -0.2) is 52.8 Å². The standard InChI is InChI=1S/C22H27N3O2/c1-16-15-18(22(2,3)4)5-6-19(16)21(27)25-13-11-24(12-14-25)20(26)17-7-9-23-10-8-17/h5-10,15H,11-14H2,1-4H3. The molecular formula is C22H27N3O2. The van der Waals surface area contributed by atoms with Gasteiger partial charge >= 0.3 is 0 Å². The van der Waals surface area contributed by atoms with Crippen LogP contribution in [-0.2, 0) is 5.41 Å². The molecule has 142 valence electrons. The van der Waals surface area contributed by atoms with Crippen molar-refractivity contribution in [3.05, 3.63) is 65.0 Å². The number of piperazine rings is 1. The van der Waals surface area contributed by atoms with Crippen molar-refractivity contribution in [2.75, 3.05) is 26.2 Å². The molecule has 0 bridgehead atoms. The summed E-state index contributed by atoms with van der Waals surface area (Å²) < 4.78 is 0. The smallest absolute Gasteiger partial charge is 0.254 e. The average molecular weight is 365 g/mol. The number of carbonyl (C=O) groups excluding carboxylic acids is 2. The van der Waals surface area contributed by atoms with E-state index in [1.54, 1.807) is 29.4 Å². The number of amides is 2. The molecule has 0 atom stereocenters. The molecule has 5 heteroatoms. The summed E-state index contributed by atoms with van der Waals surface area (Å²) in [5.74, 6) is 0.0409. The van der Waals surface area contributed by atoms with E-state index in [0.29, 0.717) is 31.7 Å². The summed E-state index contributed by atoms with van der Waals surface area (Å²) in [4.78, 5) is 33.1. The molecule has 1 fully saturated rings. The van der Waals surface area contributed by atoms with Crippen molar-refractivity contribution in [3.63, 3.8) is 0 Å². The Morgan fingerprint density at radius 3 is 1.96 bits per heavy atom. The van der Waals surface area contributed by atoms with Crippen LogP contribution in [0.4, 0.5) is 0 Å². The van der Waals surface area contributed by atoms with Gasteiger partial charge in [-0.25, -0.2) is 0 Å². The van der Waals surface area contributed by atoms with E-state index in [1.165, 1.54) is 5.56 Å². The quantitative estimate of drug-likeness (QED) is 0.821. The Hall–Kier alpha value is -2.69. The highest BCUT2D eigenvalue weighted by Crippen LogP contribution is 2.25. The summed E-state index contributed by atoms with van der Waals surface area (Å²) in [5, 5.41) is 0. The maximum Gasteiger partial charge on any atom is 0.254 e. The van der Waals surface area contributed by atoms with Crippen LogP contribution in [0.15, 0.2) is 42.7 Å². The van der Waals surface area contributed by atoms with Crippen molar-refractivity contribution in [2.24, 2.45) is 0 Å². The van der Waals surface area contributed by atoms with Crippen LogP contribution < -0.4 is 0 Å². The zero-order chi connectivity index (χ0) is 19.6. The van der Waals surface area contributed by atoms with Gasteiger partial charge in [0.25, 0.3) is 11.8 Å². The predicted octanol–water partition coefficient (Wildman–Crippen LogP) is 3.29. The lowest BCUT2D eigenvalue weighted by Crippen LogP contribution is -2.50. The minimum atomic E-state index is -0.00444. The van der Waals surface area contributed by atoms with Gasteiger partial charge in [-0.2, -0.15) is 0 Å². The molecule has 1 aliphatic rings. The molecule has 27 heavy (non-hydrogen) atoms. The van der Waals surface area contributed by atoms with Crippen LogP contribution in [0.3, 0.4) is 0 Å². The molecule has 2 amide bonds. The summed E-state index contributed by atoms with van der Waals surface area (Å²) >= 11 is 0. The third-order valence-corrected chi connectivity index (χ3v) is 5.10. The van der Waals surface area contributed by atoms with Crippen molar-refractivity contribution in [3.8, 4) is 0 Å². The third-order valence-electron chi connectivity index (χ3n) is 5.10. The van der Waals surface area contributed by atoms with Gasteiger partial charge in [0.1, 0.15) is 0 Å². The second-order valence-corrected chi connectivity index (χ2v) is 8.10. The third kappa shape index (κ3) is 4.18. The number of benzene rings is 1. The van der Waals surface area contributed by atoms with Crippen LogP contribution >= 0.6 is 0 Å². The van der Waals surface area contributed by atoms with Crippen LogP contribution in [0, 0.1) is 6.92 Å². The fourth-order valence-electron chi connectivity index (χ4n) is 3.33. The topological polar surface area (TPSA) is 53.5 Å². The Bertz CT molecular complexity index is 832. The van der Waals surface area contributed by atoms with Gasteiger partial charge in [0.05, 0.1) is 0 Å². The van der Waals surface area contributed by atoms with E-state index in [9.17, 15) is 9.59 Å². The molecule has 1 aromatic heterocycles. The number of pyridine rings is 1. The number of aromatic nitrogens is 1. The van der Waals surface area contributed by atoms with Gasteiger partial charge in [0, 0.05) is 49.7 Å². The lowest BCUT2D eigenvalue weighted by atomic mass is 9.85. The fraction of sp³-hybridized carbons (Fsp3) is 0.409. The Morgan fingerprint density at radius 2 is 1.44 bits per heavy atom. The molecule has 1 aliphatic heterocycles. The molecule has 5 nitrogen and oxygen atoms in total. The predicted molar refractivity (Wildman–Crippen MR) is 106 cm³/mol. The second kappa shape index (κ2) is 7.51. The number of hydrogen-bond donors (Lipinski definition) is 0. The molecule has 0 N–H and O–H groups in total. The maximum atomic E-state index is 12.9. The number of hydrogen-bond acceptors (Lipinski definition) is 3. The molecule has 2 heterocycles. The number of carbonyl (C=O) groups is 2. The first-order chi connectivity index (χ1) is 12.8. The second-order valence-electron chi connectivity index (χ2n) is 8.10. The maximum absolute atomic E-state index is 12.9. The van der Waals surface area contributed by atoms with Crippen molar-refractivity contribution in [1.82, 2.24) is 14.8 Å². The largest absolute Gasteiger partial charge is 0.335 e. The lowest BCUT2D eigenvalue weighted by molar-refractivity contribution is 0.0535.